The van der Waals surface area contributed by atoms with Crippen molar-refractivity contribution in [3.63, 3.8) is 0 Å². The van der Waals surface area contributed by atoms with Crippen molar-refractivity contribution in [1.29, 1.82) is 0 Å². The standard InChI is InChI=1S/C21H38N4O4S/c1-6-25-18(27)15-17(19(25)28)30-14-10-8-7-9-12-24(5)13-11-22-20(29)23-21(3,4)16(2)26/h17H,6-15H2,1-5H3,(H2,22,23,29). The number of unbranched alkanes of at least 4 members (excludes halogenated alkanes) is 3. The summed E-state index contributed by atoms with van der Waals surface area (Å²) in [5.74, 6) is 0.755. The van der Waals surface area contributed by atoms with Crippen LogP contribution in [0.5, 0.6) is 0 Å². The first kappa shape index (κ1) is 26.4. The van der Waals surface area contributed by atoms with E-state index in [0.29, 0.717) is 19.5 Å². The Morgan fingerprint density at radius 3 is 2.43 bits per heavy atom. The second-order valence-corrected chi connectivity index (χ2v) is 9.63. The van der Waals surface area contributed by atoms with Crippen LogP contribution in [0, 0.1) is 0 Å². The molecular formula is C21H38N4O4S. The minimum atomic E-state index is -0.857. The number of imide groups is 1. The van der Waals surface area contributed by atoms with E-state index in [9.17, 15) is 19.2 Å². The lowest BCUT2D eigenvalue weighted by Gasteiger charge is -2.23. The molecule has 0 saturated carbocycles. The number of carbonyl (C=O) groups is 4. The third-order valence-electron chi connectivity index (χ3n) is 5.36. The maximum absolute atomic E-state index is 12.0. The van der Waals surface area contributed by atoms with Crippen LogP contribution in [0.3, 0.4) is 0 Å². The van der Waals surface area contributed by atoms with E-state index in [1.807, 2.05) is 14.0 Å². The minimum absolute atomic E-state index is 0.0266. The molecular weight excluding hydrogens is 404 g/mol. The average Bonchev–Trinajstić information content (AvgIpc) is 2.93. The molecule has 0 aromatic rings. The van der Waals surface area contributed by atoms with Gasteiger partial charge in [-0.05, 0) is 59.9 Å². The number of ketones is 1. The van der Waals surface area contributed by atoms with E-state index in [-0.39, 0.29) is 28.9 Å². The van der Waals surface area contributed by atoms with Crippen LogP contribution in [0.1, 0.15) is 59.8 Å². The minimum Gasteiger partial charge on any atom is -0.337 e. The van der Waals surface area contributed by atoms with Gasteiger partial charge in [-0.25, -0.2) is 4.79 Å². The first-order valence-electron chi connectivity index (χ1n) is 10.8. The quantitative estimate of drug-likeness (QED) is 0.315. The number of urea groups is 1. The Morgan fingerprint density at radius 2 is 1.83 bits per heavy atom. The Bertz CT molecular complexity index is 612. The number of likely N-dealkylation sites (N-methyl/N-ethyl adjacent to an activating group) is 1. The van der Waals surface area contributed by atoms with E-state index in [1.54, 1.807) is 25.6 Å². The Labute approximate surface area is 184 Å². The molecule has 0 aliphatic carbocycles. The highest BCUT2D eigenvalue weighted by Gasteiger charge is 2.37. The van der Waals surface area contributed by atoms with Crippen molar-refractivity contribution in [1.82, 2.24) is 20.4 Å². The zero-order valence-electron chi connectivity index (χ0n) is 19.1. The number of hydrogen-bond donors (Lipinski definition) is 2. The Morgan fingerprint density at radius 1 is 1.17 bits per heavy atom. The number of nitrogens with zero attached hydrogens (tertiary/aromatic N) is 2. The summed E-state index contributed by atoms with van der Waals surface area (Å²) in [6, 6.07) is -0.328. The first-order chi connectivity index (χ1) is 14.1. The summed E-state index contributed by atoms with van der Waals surface area (Å²) in [7, 11) is 2.02. The number of amides is 4. The van der Waals surface area contributed by atoms with Gasteiger partial charge in [-0.1, -0.05) is 12.8 Å². The number of nitrogens with one attached hydrogen (secondary N) is 2. The molecule has 8 nitrogen and oxygen atoms in total. The van der Waals surface area contributed by atoms with Crippen LogP contribution >= 0.6 is 11.8 Å². The van der Waals surface area contributed by atoms with Crippen LogP contribution in [0.15, 0.2) is 0 Å². The highest BCUT2D eigenvalue weighted by Crippen LogP contribution is 2.25. The fourth-order valence-corrected chi connectivity index (χ4v) is 4.25. The van der Waals surface area contributed by atoms with Crippen LogP contribution in [-0.4, -0.2) is 83.2 Å². The van der Waals surface area contributed by atoms with E-state index < -0.39 is 5.54 Å². The topological polar surface area (TPSA) is 98.8 Å². The molecule has 1 fully saturated rings. The van der Waals surface area contributed by atoms with Crippen molar-refractivity contribution in [3.8, 4) is 0 Å². The van der Waals surface area contributed by atoms with E-state index >= 15 is 0 Å². The molecule has 1 aliphatic heterocycles. The van der Waals surface area contributed by atoms with E-state index in [2.05, 4.69) is 15.5 Å². The molecule has 1 aliphatic rings. The molecule has 1 unspecified atom stereocenters. The SMILES string of the molecule is CCN1C(=O)CC(SCCCCCCN(C)CCNC(=O)NC(C)(C)C(C)=O)C1=O. The van der Waals surface area contributed by atoms with E-state index in [4.69, 9.17) is 0 Å². The van der Waals surface area contributed by atoms with Crippen molar-refractivity contribution in [2.24, 2.45) is 0 Å². The van der Waals surface area contributed by atoms with Crippen LogP contribution in [0.2, 0.25) is 0 Å². The van der Waals surface area contributed by atoms with E-state index in [1.165, 1.54) is 11.8 Å². The number of likely N-dealkylation sites (tertiary alicyclic amines) is 1. The van der Waals surface area contributed by atoms with Gasteiger partial charge in [0.25, 0.3) is 0 Å². The smallest absolute Gasteiger partial charge is 0.315 e. The molecule has 0 bridgehead atoms. The maximum Gasteiger partial charge on any atom is 0.315 e. The van der Waals surface area contributed by atoms with Gasteiger partial charge in [0.05, 0.1) is 10.8 Å². The highest BCUT2D eigenvalue weighted by atomic mass is 32.2. The van der Waals surface area contributed by atoms with Gasteiger partial charge in [0, 0.05) is 26.1 Å². The molecule has 1 rings (SSSR count). The van der Waals surface area contributed by atoms with Crippen molar-refractivity contribution in [2.75, 3.05) is 39.0 Å². The molecule has 4 amide bonds. The van der Waals surface area contributed by atoms with Crippen LogP contribution in [-0.2, 0) is 14.4 Å². The normalized spacial score (nSPS) is 17.0. The molecule has 9 heteroatoms. The molecule has 2 N–H and O–H groups in total. The van der Waals surface area contributed by atoms with Gasteiger partial charge < -0.3 is 15.5 Å². The van der Waals surface area contributed by atoms with Gasteiger partial charge in [-0.15, -0.1) is 11.8 Å². The summed E-state index contributed by atoms with van der Waals surface area (Å²) in [6.45, 7) is 9.36. The fraction of sp³-hybridized carbons (Fsp3) is 0.810. The summed E-state index contributed by atoms with van der Waals surface area (Å²) >= 11 is 1.61. The zero-order chi connectivity index (χ0) is 22.7. The molecule has 1 atom stereocenters. The van der Waals surface area contributed by atoms with Gasteiger partial charge in [0.15, 0.2) is 5.78 Å². The lowest BCUT2D eigenvalue weighted by atomic mass is 10.0. The van der Waals surface area contributed by atoms with Gasteiger partial charge >= 0.3 is 6.03 Å². The van der Waals surface area contributed by atoms with Gasteiger partial charge in [-0.2, -0.15) is 0 Å². The van der Waals surface area contributed by atoms with Crippen LogP contribution in [0.4, 0.5) is 4.79 Å². The number of Topliss-reactive ketones (excluding diaryl/α,β-unsaturated/α-hetero) is 1. The molecule has 0 aromatic carbocycles. The van der Waals surface area contributed by atoms with Gasteiger partial charge in [0.2, 0.25) is 11.8 Å². The average molecular weight is 443 g/mol. The van der Waals surface area contributed by atoms with Crippen LogP contribution in [0.25, 0.3) is 0 Å². The van der Waals surface area contributed by atoms with Gasteiger partial charge in [0.1, 0.15) is 0 Å². The summed E-state index contributed by atoms with van der Waals surface area (Å²) < 4.78 is 0. The van der Waals surface area contributed by atoms with Crippen LogP contribution < -0.4 is 10.6 Å². The Balaban J connectivity index is 2.03. The summed E-state index contributed by atoms with van der Waals surface area (Å²) in [6.07, 6.45) is 4.69. The van der Waals surface area contributed by atoms with Crippen molar-refractivity contribution in [2.45, 2.75) is 70.6 Å². The number of hydrogen-bond acceptors (Lipinski definition) is 6. The lowest BCUT2D eigenvalue weighted by molar-refractivity contribution is -0.137. The second kappa shape index (κ2) is 12.9. The molecule has 0 aromatic heterocycles. The summed E-state index contributed by atoms with van der Waals surface area (Å²) in [5, 5.41) is 5.27. The monoisotopic (exact) mass is 442 g/mol. The van der Waals surface area contributed by atoms with E-state index in [0.717, 1.165) is 44.5 Å². The van der Waals surface area contributed by atoms with Gasteiger partial charge in [-0.3, -0.25) is 19.3 Å². The molecule has 0 radical (unpaired) electrons. The number of carbonyl (C=O) groups excluding carboxylic acids is 4. The van der Waals surface area contributed by atoms with Crippen molar-refractivity contribution < 1.29 is 19.2 Å². The largest absolute Gasteiger partial charge is 0.337 e. The zero-order valence-corrected chi connectivity index (χ0v) is 19.9. The molecule has 1 heterocycles. The number of thioether (sulfide) groups is 1. The third-order valence-corrected chi connectivity index (χ3v) is 6.65. The molecule has 30 heavy (non-hydrogen) atoms. The molecule has 1 saturated heterocycles. The molecule has 0 spiro atoms. The Kier molecular flexibility index (Phi) is 11.4. The first-order valence-corrected chi connectivity index (χ1v) is 11.8. The van der Waals surface area contributed by atoms with Crippen molar-refractivity contribution in [3.05, 3.63) is 0 Å². The third kappa shape index (κ3) is 9.04. The lowest BCUT2D eigenvalue weighted by Crippen LogP contribution is -2.53. The predicted molar refractivity (Wildman–Crippen MR) is 121 cm³/mol. The number of rotatable bonds is 14. The highest BCUT2D eigenvalue weighted by molar-refractivity contribution is 8.00. The molecule has 172 valence electrons. The summed E-state index contributed by atoms with van der Waals surface area (Å²) in [4.78, 5) is 50.6. The summed E-state index contributed by atoms with van der Waals surface area (Å²) in [5.41, 5.74) is -0.857. The second-order valence-electron chi connectivity index (χ2n) is 8.32. The van der Waals surface area contributed by atoms with Crippen molar-refractivity contribution >= 4 is 35.4 Å². The fourth-order valence-electron chi connectivity index (χ4n) is 3.07. The Hall–Kier alpha value is -1.61. The maximum atomic E-state index is 12.0. The predicted octanol–water partition coefficient (Wildman–Crippen LogP) is 2.03.